The summed E-state index contributed by atoms with van der Waals surface area (Å²) in [6, 6.07) is 0. The molecule has 0 radical (unpaired) electrons. The fourth-order valence-corrected chi connectivity index (χ4v) is 3.07. The molecule has 5 nitrogen and oxygen atoms in total. The number of hydrogen-bond donors (Lipinski definition) is 1. The van der Waals surface area contributed by atoms with Crippen molar-refractivity contribution in [3.8, 4) is 0 Å². The highest BCUT2D eigenvalue weighted by molar-refractivity contribution is 5.03. The first-order chi connectivity index (χ1) is 9.18. The molecule has 104 valence electrons. The van der Waals surface area contributed by atoms with Gasteiger partial charge in [-0.2, -0.15) is 0 Å². The molecule has 3 heterocycles. The number of hydrogen-bond acceptors (Lipinski definition) is 5. The Morgan fingerprint density at radius 1 is 1.42 bits per heavy atom. The SMILES string of the molecule is Cc1cnc(CN2CC[C@@]3(CCCO3)[C@@H](O)C2)cn1. The second-order valence-corrected chi connectivity index (χ2v) is 5.67. The molecule has 2 saturated heterocycles. The molecule has 1 N–H and O–H groups in total. The number of piperidine rings is 1. The van der Waals surface area contributed by atoms with Crippen molar-refractivity contribution in [2.24, 2.45) is 0 Å². The van der Waals surface area contributed by atoms with Gasteiger partial charge in [0.05, 0.1) is 23.1 Å². The molecule has 2 fully saturated rings. The van der Waals surface area contributed by atoms with Crippen LogP contribution in [-0.4, -0.2) is 51.4 Å². The summed E-state index contributed by atoms with van der Waals surface area (Å²) in [5, 5.41) is 10.3. The third-order valence-electron chi connectivity index (χ3n) is 4.24. The summed E-state index contributed by atoms with van der Waals surface area (Å²) >= 11 is 0. The lowest BCUT2D eigenvalue weighted by molar-refractivity contribution is -0.130. The van der Waals surface area contributed by atoms with Crippen LogP contribution in [0.5, 0.6) is 0 Å². The van der Waals surface area contributed by atoms with E-state index in [1.165, 1.54) is 0 Å². The predicted octanol–water partition coefficient (Wildman–Crippen LogP) is 0.901. The minimum absolute atomic E-state index is 0.268. The van der Waals surface area contributed by atoms with E-state index in [4.69, 9.17) is 4.74 Å². The number of β-amino-alcohol motifs (C(OH)–C–C–N with tert-alkyl or cyclic N) is 1. The third kappa shape index (κ3) is 2.63. The zero-order chi connectivity index (χ0) is 13.3. The molecule has 1 aromatic heterocycles. The van der Waals surface area contributed by atoms with Crippen LogP contribution in [0.1, 0.15) is 30.7 Å². The molecule has 0 amide bonds. The highest BCUT2D eigenvalue weighted by atomic mass is 16.5. The summed E-state index contributed by atoms with van der Waals surface area (Å²) in [6.07, 6.45) is 6.19. The number of nitrogens with zero attached hydrogens (tertiary/aromatic N) is 3. The molecule has 2 atom stereocenters. The van der Waals surface area contributed by atoms with E-state index in [9.17, 15) is 5.11 Å². The van der Waals surface area contributed by atoms with Gasteiger partial charge in [0, 0.05) is 38.6 Å². The van der Waals surface area contributed by atoms with Gasteiger partial charge in [0.2, 0.25) is 0 Å². The normalized spacial score (nSPS) is 32.0. The van der Waals surface area contributed by atoms with Gasteiger partial charge < -0.3 is 9.84 Å². The first kappa shape index (κ1) is 13.0. The average molecular weight is 263 g/mol. The molecule has 1 aromatic rings. The third-order valence-corrected chi connectivity index (χ3v) is 4.24. The number of rotatable bonds is 2. The standard InChI is InChI=1S/C14H21N3O2/c1-11-7-16-12(8-15-11)9-17-5-4-14(13(18)10-17)3-2-6-19-14/h7-8,13,18H,2-6,9-10H2,1H3/t13-,14-/m0/s1. The molecule has 2 aliphatic heterocycles. The van der Waals surface area contributed by atoms with Gasteiger partial charge >= 0.3 is 0 Å². The second-order valence-electron chi connectivity index (χ2n) is 5.67. The maximum Gasteiger partial charge on any atom is 0.0965 e. The largest absolute Gasteiger partial charge is 0.389 e. The lowest BCUT2D eigenvalue weighted by atomic mass is 9.86. The van der Waals surface area contributed by atoms with Crippen molar-refractivity contribution in [3.05, 3.63) is 23.8 Å². The van der Waals surface area contributed by atoms with Gasteiger partial charge in [-0.05, 0) is 26.2 Å². The predicted molar refractivity (Wildman–Crippen MR) is 70.6 cm³/mol. The molecule has 1 spiro atoms. The summed E-state index contributed by atoms with van der Waals surface area (Å²) in [5.74, 6) is 0. The second kappa shape index (κ2) is 5.15. The molecular formula is C14H21N3O2. The molecule has 0 aromatic carbocycles. The Morgan fingerprint density at radius 2 is 2.32 bits per heavy atom. The summed E-state index contributed by atoms with van der Waals surface area (Å²) in [6.45, 7) is 5.09. The first-order valence-electron chi connectivity index (χ1n) is 7.00. The van der Waals surface area contributed by atoms with E-state index in [1.54, 1.807) is 6.20 Å². The fraction of sp³-hybridized carbons (Fsp3) is 0.714. The summed E-state index contributed by atoms with van der Waals surface area (Å²) in [5.41, 5.74) is 1.62. The lowest BCUT2D eigenvalue weighted by Gasteiger charge is -2.42. The molecule has 0 bridgehead atoms. The summed E-state index contributed by atoms with van der Waals surface area (Å²) < 4.78 is 5.80. The Morgan fingerprint density at radius 3 is 2.95 bits per heavy atom. The van der Waals surface area contributed by atoms with E-state index in [0.717, 1.165) is 50.3 Å². The minimum Gasteiger partial charge on any atom is -0.389 e. The van der Waals surface area contributed by atoms with Crippen molar-refractivity contribution in [2.75, 3.05) is 19.7 Å². The van der Waals surface area contributed by atoms with Crippen LogP contribution in [0.4, 0.5) is 0 Å². The Hall–Kier alpha value is -1.04. The van der Waals surface area contributed by atoms with Crippen LogP contribution < -0.4 is 0 Å². The monoisotopic (exact) mass is 263 g/mol. The molecule has 2 aliphatic rings. The lowest BCUT2D eigenvalue weighted by Crippen LogP contribution is -2.54. The highest BCUT2D eigenvalue weighted by Crippen LogP contribution is 2.36. The van der Waals surface area contributed by atoms with Crippen molar-refractivity contribution in [2.45, 2.75) is 44.4 Å². The van der Waals surface area contributed by atoms with Crippen LogP contribution in [0.15, 0.2) is 12.4 Å². The number of aliphatic hydroxyl groups excluding tert-OH is 1. The number of aryl methyl sites for hydroxylation is 1. The van der Waals surface area contributed by atoms with E-state index < -0.39 is 0 Å². The van der Waals surface area contributed by atoms with Crippen LogP contribution in [0.2, 0.25) is 0 Å². The van der Waals surface area contributed by atoms with Gasteiger partial charge in [0.25, 0.3) is 0 Å². The van der Waals surface area contributed by atoms with Gasteiger partial charge in [-0.15, -0.1) is 0 Å². The van der Waals surface area contributed by atoms with Gasteiger partial charge in [-0.1, -0.05) is 0 Å². The topological polar surface area (TPSA) is 58.5 Å². The molecular weight excluding hydrogens is 242 g/mol. The molecule has 0 unspecified atom stereocenters. The maximum absolute atomic E-state index is 10.3. The Balaban J connectivity index is 1.61. The number of ether oxygens (including phenoxy) is 1. The van der Waals surface area contributed by atoms with Crippen molar-refractivity contribution >= 4 is 0 Å². The van der Waals surface area contributed by atoms with Gasteiger partial charge in [0.15, 0.2) is 0 Å². The van der Waals surface area contributed by atoms with E-state index in [0.29, 0.717) is 6.54 Å². The quantitative estimate of drug-likeness (QED) is 0.859. The molecule has 19 heavy (non-hydrogen) atoms. The number of aromatic nitrogens is 2. The molecule has 3 rings (SSSR count). The van der Waals surface area contributed by atoms with Gasteiger partial charge in [-0.25, -0.2) is 0 Å². The molecule has 0 aliphatic carbocycles. The zero-order valence-corrected chi connectivity index (χ0v) is 11.4. The van der Waals surface area contributed by atoms with Crippen LogP contribution in [0.3, 0.4) is 0 Å². The molecule has 0 saturated carbocycles. The van der Waals surface area contributed by atoms with Crippen molar-refractivity contribution in [1.29, 1.82) is 0 Å². The van der Waals surface area contributed by atoms with E-state index >= 15 is 0 Å². The fourth-order valence-electron chi connectivity index (χ4n) is 3.07. The number of likely N-dealkylation sites (tertiary alicyclic amines) is 1. The number of aliphatic hydroxyl groups is 1. The van der Waals surface area contributed by atoms with Crippen molar-refractivity contribution < 1.29 is 9.84 Å². The smallest absolute Gasteiger partial charge is 0.0965 e. The van der Waals surface area contributed by atoms with Crippen molar-refractivity contribution in [1.82, 2.24) is 14.9 Å². The van der Waals surface area contributed by atoms with Crippen molar-refractivity contribution in [3.63, 3.8) is 0 Å². The van der Waals surface area contributed by atoms with E-state index in [1.807, 2.05) is 13.1 Å². The van der Waals surface area contributed by atoms with E-state index in [-0.39, 0.29) is 11.7 Å². The maximum atomic E-state index is 10.3. The summed E-state index contributed by atoms with van der Waals surface area (Å²) in [7, 11) is 0. The Labute approximate surface area is 113 Å². The highest BCUT2D eigenvalue weighted by Gasteiger charge is 2.45. The summed E-state index contributed by atoms with van der Waals surface area (Å²) in [4.78, 5) is 10.9. The molecule has 5 heteroatoms. The van der Waals surface area contributed by atoms with Crippen LogP contribution >= 0.6 is 0 Å². The average Bonchev–Trinajstić information content (AvgIpc) is 2.87. The Kier molecular flexibility index (Phi) is 3.52. The van der Waals surface area contributed by atoms with Gasteiger partial charge in [0.1, 0.15) is 0 Å². The Bertz CT molecular complexity index is 429. The van der Waals surface area contributed by atoms with Crippen LogP contribution in [-0.2, 0) is 11.3 Å². The van der Waals surface area contributed by atoms with Crippen LogP contribution in [0.25, 0.3) is 0 Å². The first-order valence-corrected chi connectivity index (χ1v) is 7.00. The van der Waals surface area contributed by atoms with Crippen LogP contribution in [0, 0.1) is 6.92 Å². The zero-order valence-electron chi connectivity index (χ0n) is 11.4. The van der Waals surface area contributed by atoms with Gasteiger partial charge in [-0.3, -0.25) is 14.9 Å². The minimum atomic E-state index is -0.387. The van der Waals surface area contributed by atoms with E-state index in [2.05, 4.69) is 14.9 Å².